The highest BCUT2D eigenvalue weighted by atomic mass is 32.1. The predicted molar refractivity (Wildman–Crippen MR) is 110 cm³/mol. The minimum atomic E-state index is -0.461. The van der Waals surface area contributed by atoms with Gasteiger partial charge in [0.05, 0.1) is 31.9 Å². The molecule has 1 aliphatic rings. The molecule has 7 nitrogen and oxygen atoms in total. The van der Waals surface area contributed by atoms with Crippen LogP contribution >= 0.6 is 12.2 Å². The summed E-state index contributed by atoms with van der Waals surface area (Å²) in [6.45, 7) is 7.05. The summed E-state index contributed by atoms with van der Waals surface area (Å²) in [7, 11) is 3.14. The number of esters is 1. The fourth-order valence-electron chi connectivity index (χ4n) is 2.75. The highest BCUT2D eigenvalue weighted by Gasteiger charge is 2.31. The molecule has 0 aromatic heterocycles. The third-order valence-corrected chi connectivity index (χ3v) is 4.32. The summed E-state index contributed by atoms with van der Waals surface area (Å²) in [5.41, 5.74) is 1.92. The van der Waals surface area contributed by atoms with Crippen LogP contribution in [0.5, 0.6) is 11.5 Å². The minimum Gasteiger partial charge on any atom is -0.493 e. The summed E-state index contributed by atoms with van der Waals surface area (Å²) in [5.74, 6) is 1.21. The SMILES string of the molecule is COCCOC(=O)C1=C(C)NC(=S)N[C@H]1c1ccc(OCC(C)C)c(OC)c1. The van der Waals surface area contributed by atoms with E-state index in [1.54, 1.807) is 21.1 Å². The lowest BCUT2D eigenvalue weighted by atomic mass is 9.95. The van der Waals surface area contributed by atoms with Crippen molar-refractivity contribution < 1.29 is 23.7 Å². The Hall–Kier alpha value is -2.32. The summed E-state index contributed by atoms with van der Waals surface area (Å²) in [6.07, 6.45) is 0. The second-order valence-electron chi connectivity index (χ2n) is 6.81. The molecule has 0 saturated heterocycles. The summed E-state index contributed by atoms with van der Waals surface area (Å²) < 4.78 is 21.6. The number of nitrogens with one attached hydrogen (secondary N) is 2. The number of benzene rings is 1. The van der Waals surface area contributed by atoms with Crippen LogP contribution in [-0.4, -0.2) is 45.1 Å². The number of rotatable bonds is 9. The summed E-state index contributed by atoms with van der Waals surface area (Å²) in [5, 5.41) is 6.56. The van der Waals surface area contributed by atoms with Crippen LogP contribution < -0.4 is 20.1 Å². The molecule has 1 aliphatic heterocycles. The van der Waals surface area contributed by atoms with Crippen molar-refractivity contribution in [2.75, 3.05) is 34.0 Å². The molecule has 0 aliphatic carbocycles. The molecule has 8 heteroatoms. The van der Waals surface area contributed by atoms with Crippen molar-refractivity contribution in [2.45, 2.75) is 26.8 Å². The summed E-state index contributed by atoms with van der Waals surface area (Å²) >= 11 is 5.28. The van der Waals surface area contributed by atoms with Gasteiger partial charge in [-0.05, 0) is 42.8 Å². The molecular weight excluding hydrogens is 380 g/mol. The first-order valence-corrected chi connectivity index (χ1v) is 9.53. The van der Waals surface area contributed by atoms with Gasteiger partial charge in [0.1, 0.15) is 6.61 Å². The lowest BCUT2D eigenvalue weighted by molar-refractivity contribution is -0.140. The molecule has 1 aromatic rings. The minimum absolute atomic E-state index is 0.175. The van der Waals surface area contributed by atoms with E-state index in [1.165, 1.54) is 0 Å². The van der Waals surface area contributed by atoms with Gasteiger partial charge in [-0.1, -0.05) is 19.9 Å². The Morgan fingerprint density at radius 3 is 2.61 bits per heavy atom. The van der Waals surface area contributed by atoms with Gasteiger partial charge in [-0.15, -0.1) is 0 Å². The maximum atomic E-state index is 12.7. The van der Waals surface area contributed by atoms with E-state index < -0.39 is 12.0 Å². The van der Waals surface area contributed by atoms with Gasteiger partial charge < -0.3 is 29.6 Å². The van der Waals surface area contributed by atoms with Crippen molar-refractivity contribution in [3.05, 3.63) is 35.0 Å². The smallest absolute Gasteiger partial charge is 0.338 e. The van der Waals surface area contributed by atoms with E-state index in [0.29, 0.717) is 47.0 Å². The molecular formula is C20H28N2O5S. The van der Waals surface area contributed by atoms with E-state index in [9.17, 15) is 4.79 Å². The maximum absolute atomic E-state index is 12.7. The molecule has 1 atom stereocenters. The van der Waals surface area contributed by atoms with E-state index in [2.05, 4.69) is 24.5 Å². The number of hydrogen-bond acceptors (Lipinski definition) is 6. The fourth-order valence-corrected chi connectivity index (χ4v) is 3.02. The molecule has 0 radical (unpaired) electrons. The van der Waals surface area contributed by atoms with Gasteiger partial charge in [0.25, 0.3) is 0 Å². The standard InChI is InChI=1S/C20H28N2O5S/c1-12(2)11-27-15-7-6-14(10-16(15)25-5)18-17(13(3)21-20(28)22-18)19(23)26-9-8-24-4/h6-7,10,12,18H,8-9,11H2,1-5H3,(H2,21,22,28)/t18-/m0/s1. The van der Waals surface area contributed by atoms with Gasteiger partial charge in [0, 0.05) is 12.8 Å². The monoisotopic (exact) mass is 408 g/mol. The normalized spacial score (nSPS) is 16.5. The third kappa shape index (κ3) is 5.59. The molecule has 0 unspecified atom stereocenters. The molecule has 28 heavy (non-hydrogen) atoms. The van der Waals surface area contributed by atoms with Gasteiger partial charge >= 0.3 is 5.97 Å². The average molecular weight is 409 g/mol. The predicted octanol–water partition coefficient (Wildman–Crippen LogP) is 2.71. The second kappa shape index (κ2) is 10.3. The van der Waals surface area contributed by atoms with Gasteiger partial charge in [0.15, 0.2) is 16.6 Å². The summed E-state index contributed by atoms with van der Waals surface area (Å²) in [4.78, 5) is 12.7. The van der Waals surface area contributed by atoms with Crippen LogP contribution in [0, 0.1) is 5.92 Å². The van der Waals surface area contributed by atoms with E-state index in [4.69, 9.17) is 31.2 Å². The zero-order chi connectivity index (χ0) is 20.7. The van der Waals surface area contributed by atoms with Crippen molar-refractivity contribution in [1.82, 2.24) is 10.6 Å². The number of methoxy groups -OCH3 is 2. The van der Waals surface area contributed by atoms with Crippen LogP contribution in [0.15, 0.2) is 29.5 Å². The summed E-state index contributed by atoms with van der Waals surface area (Å²) in [6, 6.07) is 5.11. The van der Waals surface area contributed by atoms with Crippen LogP contribution in [0.2, 0.25) is 0 Å². The molecule has 2 rings (SSSR count). The number of hydrogen-bond donors (Lipinski definition) is 2. The van der Waals surface area contributed by atoms with Crippen LogP contribution in [0.3, 0.4) is 0 Å². The molecule has 1 aromatic carbocycles. The van der Waals surface area contributed by atoms with Crippen molar-refractivity contribution in [2.24, 2.45) is 5.92 Å². The Morgan fingerprint density at radius 1 is 1.21 bits per heavy atom. The molecule has 0 fully saturated rings. The highest BCUT2D eigenvalue weighted by molar-refractivity contribution is 7.80. The zero-order valence-corrected chi connectivity index (χ0v) is 17.8. The molecule has 0 amide bonds. The Bertz CT molecular complexity index is 748. The molecule has 0 spiro atoms. The molecule has 1 heterocycles. The number of carbonyl (C=O) groups excluding carboxylic acids is 1. The van der Waals surface area contributed by atoms with Gasteiger partial charge in [-0.25, -0.2) is 4.79 Å². The number of carbonyl (C=O) groups is 1. The lowest BCUT2D eigenvalue weighted by Crippen LogP contribution is -2.45. The first kappa shape index (κ1) is 22.0. The van der Waals surface area contributed by atoms with Crippen molar-refractivity contribution in [1.29, 1.82) is 0 Å². The zero-order valence-electron chi connectivity index (χ0n) is 17.0. The molecule has 0 saturated carbocycles. The van der Waals surface area contributed by atoms with Gasteiger partial charge in [-0.3, -0.25) is 0 Å². The maximum Gasteiger partial charge on any atom is 0.338 e. The van der Waals surface area contributed by atoms with E-state index in [0.717, 1.165) is 5.56 Å². The van der Waals surface area contributed by atoms with E-state index in [1.807, 2.05) is 18.2 Å². The molecule has 0 bridgehead atoms. The van der Waals surface area contributed by atoms with E-state index in [-0.39, 0.29) is 6.61 Å². The third-order valence-electron chi connectivity index (χ3n) is 4.10. The quantitative estimate of drug-likeness (QED) is 0.367. The Labute approximate surface area is 171 Å². The van der Waals surface area contributed by atoms with Gasteiger partial charge in [0.2, 0.25) is 0 Å². The van der Waals surface area contributed by atoms with Crippen molar-refractivity contribution in [3.63, 3.8) is 0 Å². The highest BCUT2D eigenvalue weighted by Crippen LogP contribution is 2.34. The Kier molecular flexibility index (Phi) is 8.07. The fraction of sp³-hybridized carbons (Fsp3) is 0.500. The van der Waals surface area contributed by atoms with Crippen LogP contribution in [-0.2, 0) is 14.3 Å². The first-order valence-electron chi connectivity index (χ1n) is 9.12. The van der Waals surface area contributed by atoms with Crippen molar-refractivity contribution in [3.8, 4) is 11.5 Å². The average Bonchev–Trinajstić information content (AvgIpc) is 2.65. The van der Waals surface area contributed by atoms with Crippen LogP contribution in [0.25, 0.3) is 0 Å². The largest absolute Gasteiger partial charge is 0.493 e. The van der Waals surface area contributed by atoms with Crippen LogP contribution in [0.1, 0.15) is 32.4 Å². The molecule has 154 valence electrons. The first-order chi connectivity index (χ1) is 13.4. The van der Waals surface area contributed by atoms with Crippen LogP contribution in [0.4, 0.5) is 0 Å². The topological polar surface area (TPSA) is 78.1 Å². The van der Waals surface area contributed by atoms with Gasteiger partial charge in [-0.2, -0.15) is 0 Å². The number of ether oxygens (including phenoxy) is 4. The van der Waals surface area contributed by atoms with Crippen molar-refractivity contribution >= 4 is 23.3 Å². The Morgan fingerprint density at radius 2 is 1.96 bits per heavy atom. The number of thiocarbonyl (C=S) groups is 1. The number of allylic oxidation sites excluding steroid dienone is 1. The molecule has 2 N–H and O–H groups in total. The lowest BCUT2D eigenvalue weighted by Gasteiger charge is -2.30. The Balaban J connectivity index is 2.32. The second-order valence-corrected chi connectivity index (χ2v) is 7.22. The van der Waals surface area contributed by atoms with E-state index >= 15 is 0 Å².